The van der Waals surface area contributed by atoms with E-state index in [-0.39, 0.29) is 6.04 Å². The summed E-state index contributed by atoms with van der Waals surface area (Å²) in [7, 11) is 0. The van der Waals surface area contributed by atoms with Gasteiger partial charge in [-0.15, -0.1) is 0 Å². The van der Waals surface area contributed by atoms with Crippen LogP contribution in [0.25, 0.3) is 0 Å². The maximum absolute atomic E-state index is 6.21. The summed E-state index contributed by atoms with van der Waals surface area (Å²) in [5.41, 5.74) is 4.82. The van der Waals surface area contributed by atoms with Crippen LogP contribution in [-0.2, 0) is 6.42 Å². The summed E-state index contributed by atoms with van der Waals surface area (Å²) in [5, 5.41) is 4.42. The minimum absolute atomic E-state index is 0.285. The van der Waals surface area contributed by atoms with Crippen molar-refractivity contribution in [1.82, 2.24) is 0 Å². The average molecular weight is 302 g/mol. The lowest BCUT2D eigenvalue weighted by molar-refractivity contribution is 0.357. The molecule has 0 amide bonds. The van der Waals surface area contributed by atoms with E-state index in [9.17, 15) is 0 Å². The van der Waals surface area contributed by atoms with Crippen LogP contribution < -0.4 is 10.1 Å². The van der Waals surface area contributed by atoms with Crippen molar-refractivity contribution in [2.75, 3.05) is 11.9 Å². The Labute approximate surface area is 131 Å². The van der Waals surface area contributed by atoms with E-state index in [0.29, 0.717) is 0 Å². The van der Waals surface area contributed by atoms with Gasteiger partial charge in [0.05, 0.1) is 12.6 Å². The molecule has 2 aromatic carbocycles. The van der Waals surface area contributed by atoms with Gasteiger partial charge in [0.15, 0.2) is 0 Å². The maximum Gasteiger partial charge on any atom is 0.122 e. The Balaban J connectivity index is 1.87. The predicted octanol–water partition coefficient (Wildman–Crippen LogP) is 5.15. The number of rotatable bonds is 4. The highest BCUT2D eigenvalue weighted by atomic mass is 35.5. The van der Waals surface area contributed by atoms with E-state index < -0.39 is 0 Å². The van der Waals surface area contributed by atoms with Crippen molar-refractivity contribution in [1.29, 1.82) is 0 Å². The molecule has 0 fully saturated rings. The van der Waals surface area contributed by atoms with Crippen molar-refractivity contribution in [3.8, 4) is 5.75 Å². The molecule has 0 aliphatic carbocycles. The van der Waals surface area contributed by atoms with Crippen LogP contribution in [0.2, 0.25) is 5.02 Å². The van der Waals surface area contributed by atoms with Crippen molar-refractivity contribution in [3.05, 3.63) is 58.1 Å². The Morgan fingerprint density at radius 3 is 2.95 bits per heavy atom. The molecule has 1 heterocycles. The summed E-state index contributed by atoms with van der Waals surface area (Å²) in [5.74, 6) is 1.03. The summed E-state index contributed by atoms with van der Waals surface area (Å²) >= 11 is 6.21. The lowest BCUT2D eigenvalue weighted by Gasteiger charge is -2.21. The van der Waals surface area contributed by atoms with Crippen LogP contribution in [-0.4, -0.2) is 6.61 Å². The van der Waals surface area contributed by atoms with E-state index >= 15 is 0 Å². The van der Waals surface area contributed by atoms with E-state index in [1.807, 2.05) is 19.1 Å². The van der Waals surface area contributed by atoms with Gasteiger partial charge < -0.3 is 10.1 Å². The highest BCUT2D eigenvalue weighted by Crippen LogP contribution is 2.32. The third-order valence-electron chi connectivity index (χ3n) is 4.12. The molecule has 0 bridgehead atoms. The first-order chi connectivity index (χ1) is 10.2. The molecule has 2 nitrogen and oxygen atoms in total. The molecule has 1 aliphatic heterocycles. The van der Waals surface area contributed by atoms with Gasteiger partial charge >= 0.3 is 0 Å². The molecule has 3 rings (SSSR count). The number of hydrogen-bond acceptors (Lipinski definition) is 2. The van der Waals surface area contributed by atoms with Gasteiger partial charge in [-0.2, -0.15) is 0 Å². The van der Waals surface area contributed by atoms with Gasteiger partial charge in [0.2, 0.25) is 0 Å². The van der Waals surface area contributed by atoms with Crippen LogP contribution in [0.15, 0.2) is 36.4 Å². The number of fused-ring (bicyclic) bond motifs is 1. The van der Waals surface area contributed by atoms with Crippen molar-refractivity contribution in [3.63, 3.8) is 0 Å². The Hall–Kier alpha value is -1.67. The van der Waals surface area contributed by atoms with E-state index in [2.05, 4.69) is 36.5 Å². The molecule has 0 spiro atoms. The Morgan fingerprint density at radius 1 is 1.29 bits per heavy atom. The molecule has 21 heavy (non-hydrogen) atoms. The SMILES string of the molecule is CCC(Nc1cccc(Cl)c1C)c1ccc2c(c1)CCO2. The first kappa shape index (κ1) is 14.3. The third kappa shape index (κ3) is 2.86. The van der Waals surface area contributed by atoms with Crippen molar-refractivity contribution < 1.29 is 4.74 Å². The van der Waals surface area contributed by atoms with Gasteiger partial charge in [0.25, 0.3) is 0 Å². The van der Waals surface area contributed by atoms with E-state index in [1.54, 1.807) is 0 Å². The topological polar surface area (TPSA) is 21.3 Å². The number of anilines is 1. The molecule has 0 saturated carbocycles. The summed E-state index contributed by atoms with van der Waals surface area (Å²) in [4.78, 5) is 0. The highest BCUT2D eigenvalue weighted by Gasteiger charge is 2.16. The molecule has 0 radical (unpaired) electrons. The quantitative estimate of drug-likeness (QED) is 0.843. The number of halogens is 1. The zero-order chi connectivity index (χ0) is 14.8. The van der Waals surface area contributed by atoms with Crippen molar-refractivity contribution >= 4 is 17.3 Å². The highest BCUT2D eigenvalue weighted by molar-refractivity contribution is 6.31. The van der Waals surface area contributed by atoms with Gasteiger partial charge in [0, 0.05) is 17.1 Å². The normalized spacial score (nSPS) is 14.4. The van der Waals surface area contributed by atoms with E-state index in [0.717, 1.165) is 41.5 Å². The predicted molar refractivity (Wildman–Crippen MR) is 88.5 cm³/mol. The lowest BCUT2D eigenvalue weighted by atomic mass is 10.00. The molecule has 1 N–H and O–H groups in total. The van der Waals surface area contributed by atoms with Crippen LogP contribution in [0.3, 0.4) is 0 Å². The number of nitrogens with one attached hydrogen (secondary N) is 1. The Bertz CT molecular complexity index is 654. The molecular formula is C18H20ClNO. The van der Waals surface area contributed by atoms with Crippen molar-refractivity contribution in [2.45, 2.75) is 32.7 Å². The van der Waals surface area contributed by atoms with Gasteiger partial charge in [0.1, 0.15) is 5.75 Å². The molecule has 2 aromatic rings. The van der Waals surface area contributed by atoms with Crippen LogP contribution in [0.1, 0.15) is 36.1 Å². The summed E-state index contributed by atoms with van der Waals surface area (Å²) in [6, 6.07) is 12.8. The molecular weight excluding hydrogens is 282 g/mol. The second-order valence-corrected chi connectivity index (χ2v) is 5.89. The van der Waals surface area contributed by atoms with Crippen molar-refractivity contribution in [2.24, 2.45) is 0 Å². The minimum Gasteiger partial charge on any atom is -0.493 e. The van der Waals surface area contributed by atoms with Gasteiger partial charge in [-0.25, -0.2) is 0 Å². The standard InChI is InChI=1S/C18H20ClNO/c1-3-16(20-17-6-4-5-15(19)12(17)2)13-7-8-18-14(11-13)9-10-21-18/h4-8,11,16,20H,3,9-10H2,1-2H3. The summed E-state index contributed by atoms with van der Waals surface area (Å²) in [6.07, 6.45) is 2.03. The van der Waals surface area contributed by atoms with Crippen LogP contribution in [0, 0.1) is 6.92 Å². The van der Waals surface area contributed by atoms with Gasteiger partial charge in [-0.05, 0) is 54.3 Å². The molecule has 0 saturated heterocycles. The smallest absolute Gasteiger partial charge is 0.122 e. The molecule has 110 valence electrons. The molecule has 3 heteroatoms. The number of ether oxygens (including phenoxy) is 1. The Morgan fingerprint density at radius 2 is 2.14 bits per heavy atom. The van der Waals surface area contributed by atoms with E-state index in [1.165, 1.54) is 11.1 Å². The molecule has 1 atom stereocenters. The van der Waals surface area contributed by atoms with Crippen LogP contribution >= 0.6 is 11.6 Å². The van der Waals surface area contributed by atoms with Gasteiger partial charge in [-0.3, -0.25) is 0 Å². The fourth-order valence-corrected chi connectivity index (χ4v) is 2.97. The van der Waals surface area contributed by atoms with Gasteiger partial charge in [-0.1, -0.05) is 30.7 Å². The monoisotopic (exact) mass is 301 g/mol. The van der Waals surface area contributed by atoms with E-state index in [4.69, 9.17) is 16.3 Å². The first-order valence-corrected chi connectivity index (χ1v) is 7.84. The third-order valence-corrected chi connectivity index (χ3v) is 4.53. The number of benzene rings is 2. The molecule has 1 unspecified atom stereocenters. The molecule has 1 aliphatic rings. The van der Waals surface area contributed by atoms with Crippen LogP contribution in [0.4, 0.5) is 5.69 Å². The summed E-state index contributed by atoms with van der Waals surface area (Å²) in [6.45, 7) is 5.05. The molecule has 0 aromatic heterocycles. The minimum atomic E-state index is 0.285. The zero-order valence-corrected chi connectivity index (χ0v) is 13.2. The number of hydrogen-bond donors (Lipinski definition) is 1. The first-order valence-electron chi connectivity index (χ1n) is 7.46. The zero-order valence-electron chi connectivity index (χ0n) is 12.4. The second-order valence-electron chi connectivity index (χ2n) is 5.48. The largest absolute Gasteiger partial charge is 0.493 e. The van der Waals surface area contributed by atoms with Crippen LogP contribution in [0.5, 0.6) is 5.75 Å². The Kier molecular flexibility index (Phi) is 4.07. The average Bonchev–Trinajstić information content (AvgIpc) is 2.96. The lowest BCUT2D eigenvalue weighted by Crippen LogP contribution is -2.11. The maximum atomic E-state index is 6.21. The fraction of sp³-hybridized carbons (Fsp3) is 0.333. The second kappa shape index (κ2) is 5.98. The summed E-state index contributed by atoms with van der Waals surface area (Å²) < 4.78 is 5.58. The fourth-order valence-electron chi connectivity index (χ4n) is 2.80.